The Balaban J connectivity index is 1.81. The van der Waals surface area contributed by atoms with E-state index < -0.39 is 5.91 Å². The molecule has 0 unspecified atom stereocenters. The lowest BCUT2D eigenvalue weighted by Crippen LogP contribution is -2.14. The van der Waals surface area contributed by atoms with Gasteiger partial charge in [0.15, 0.2) is 0 Å². The Kier molecular flexibility index (Phi) is 8.26. The van der Waals surface area contributed by atoms with E-state index in [1.165, 1.54) is 0 Å². The molecule has 164 valence electrons. The normalized spacial score (nSPS) is 10.8. The van der Waals surface area contributed by atoms with Crippen LogP contribution in [0.4, 0.5) is 5.69 Å². The SMILES string of the molecule is Cc1ccc(C)c(NC(=O)/C(C#N)=C/c2cc(Br)c(OCc3ccccc3C#N)c(I)c2)c1. The minimum atomic E-state index is -0.467. The molecule has 0 bridgehead atoms. The van der Waals surface area contributed by atoms with Gasteiger partial charge in [-0.25, -0.2) is 0 Å². The summed E-state index contributed by atoms with van der Waals surface area (Å²) in [7, 11) is 0. The van der Waals surface area contributed by atoms with Gasteiger partial charge in [-0.2, -0.15) is 10.5 Å². The predicted molar refractivity (Wildman–Crippen MR) is 140 cm³/mol. The van der Waals surface area contributed by atoms with Crippen LogP contribution in [0.1, 0.15) is 27.8 Å². The molecule has 7 heteroatoms. The van der Waals surface area contributed by atoms with Crippen LogP contribution in [0.5, 0.6) is 5.75 Å². The standard InChI is InChI=1S/C26H19BrIN3O2/c1-16-7-8-17(2)24(9-16)31-26(32)21(14-30)10-18-11-22(27)25(23(28)12-18)33-15-20-6-4-3-5-19(20)13-29/h3-12H,15H2,1-2H3,(H,31,32)/b21-10+. The summed E-state index contributed by atoms with van der Waals surface area (Å²) in [5, 5.41) is 21.6. The average molecular weight is 612 g/mol. The van der Waals surface area contributed by atoms with Crippen molar-refractivity contribution in [1.82, 2.24) is 0 Å². The third kappa shape index (κ3) is 6.22. The maximum Gasteiger partial charge on any atom is 0.266 e. The maximum atomic E-state index is 12.7. The number of nitriles is 2. The van der Waals surface area contributed by atoms with Crippen molar-refractivity contribution in [2.75, 3.05) is 5.32 Å². The molecule has 3 aromatic carbocycles. The molecular formula is C26H19BrIN3O2. The van der Waals surface area contributed by atoms with Crippen molar-refractivity contribution in [2.45, 2.75) is 20.5 Å². The van der Waals surface area contributed by atoms with E-state index in [1.54, 1.807) is 18.2 Å². The average Bonchev–Trinajstić information content (AvgIpc) is 2.79. The second kappa shape index (κ2) is 11.1. The fraction of sp³-hybridized carbons (Fsp3) is 0.115. The molecule has 3 rings (SSSR count). The van der Waals surface area contributed by atoms with Gasteiger partial charge in [-0.1, -0.05) is 30.3 Å². The summed E-state index contributed by atoms with van der Waals surface area (Å²) in [5.74, 6) is 0.157. The number of nitrogens with one attached hydrogen (secondary N) is 1. The smallest absolute Gasteiger partial charge is 0.266 e. The predicted octanol–water partition coefficient (Wildman–Crippen LogP) is 6.67. The van der Waals surface area contributed by atoms with Crippen LogP contribution in [0.15, 0.2) is 64.6 Å². The van der Waals surface area contributed by atoms with E-state index in [9.17, 15) is 15.3 Å². The van der Waals surface area contributed by atoms with Gasteiger partial charge < -0.3 is 10.1 Å². The quantitative estimate of drug-likeness (QED) is 0.192. The van der Waals surface area contributed by atoms with E-state index in [2.05, 4.69) is 49.9 Å². The first-order chi connectivity index (χ1) is 15.8. The van der Waals surface area contributed by atoms with Crippen molar-refractivity contribution < 1.29 is 9.53 Å². The lowest BCUT2D eigenvalue weighted by Gasteiger charge is -2.12. The van der Waals surface area contributed by atoms with Gasteiger partial charge in [-0.15, -0.1) is 0 Å². The Hall–Kier alpha value is -3.14. The van der Waals surface area contributed by atoms with Crippen molar-refractivity contribution in [3.8, 4) is 17.9 Å². The molecule has 33 heavy (non-hydrogen) atoms. The van der Waals surface area contributed by atoms with E-state index >= 15 is 0 Å². The Labute approximate surface area is 215 Å². The minimum Gasteiger partial charge on any atom is -0.487 e. The van der Waals surface area contributed by atoms with E-state index in [1.807, 2.05) is 62.4 Å². The zero-order valence-electron chi connectivity index (χ0n) is 17.9. The van der Waals surface area contributed by atoms with Gasteiger partial charge in [-0.3, -0.25) is 4.79 Å². The van der Waals surface area contributed by atoms with Crippen LogP contribution >= 0.6 is 38.5 Å². The second-order valence-electron chi connectivity index (χ2n) is 7.31. The van der Waals surface area contributed by atoms with Crippen molar-refractivity contribution in [1.29, 1.82) is 10.5 Å². The number of nitrogens with zero attached hydrogens (tertiary/aromatic N) is 2. The molecule has 5 nitrogen and oxygen atoms in total. The molecule has 0 heterocycles. The summed E-state index contributed by atoms with van der Waals surface area (Å²) in [6.45, 7) is 4.09. The molecule has 0 saturated heterocycles. The molecule has 0 aliphatic heterocycles. The van der Waals surface area contributed by atoms with Gasteiger partial charge in [0, 0.05) is 11.3 Å². The molecule has 0 aromatic heterocycles. The highest BCUT2D eigenvalue weighted by atomic mass is 127. The third-order valence-corrected chi connectivity index (χ3v) is 6.24. The Morgan fingerprint density at radius 1 is 1.15 bits per heavy atom. The van der Waals surface area contributed by atoms with Crippen LogP contribution < -0.4 is 10.1 Å². The summed E-state index contributed by atoms with van der Waals surface area (Å²) < 4.78 is 7.45. The first kappa shape index (κ1) is 24.5. The molecule has 3 aromatic rings. The molecule has 1 N–H and O–H groups in total. The van der Waals surface area contributed by atoms with Gasteiger partial charge in [-0.05, 0) is 99.4 Å². The summed E-state index contributed by atoms with van der Waals surface area (Å²) in [4.78, 5) is 12.7. The zero-order chi connectivity index (χ0) is 24.0. The number of rotatable bonds is 6. The van der Waals surface area contributed by atoms with Gasteiger partial charge in [0.1, 0.15) is 24.0 Å². The minimum absolute atomic E-state index is 0.00442. The number of hydrogen-bond donors (Lipinski definition) is 1. The number of halogens is 2. The number of anilines is 1. The Bertz CT molecular complexity index is 1310. The van der Waals surface area contributed by atoms with Crippen LogP contribution in [0.25, 0.3) is 6.08 Å². The van der Waals surface area contributed by atoms with Gasteiger partial charge in [0.2, 0.25) is 0 Å². The molecule has 0 radical (unpaired) electrons. The van der Waals surface area contributed by atoms with Gasteiger partial charge >= 0.3 is 0 Å². The number of hydrogen-bond acceptors (Lipinski definition) is 4. The van der Waals surface area contributed by atoms with E-state index in [4.69, 9.17) is 4.74 Å². The molecular weight excluding hydrogens is 593 g/mol. The first-order valence-corrected chi connectivity index (χ1v) is 11.8. The van der Waals surface area contributed by atoms with Crippen molar-refractivity contribution in [3.05, 3.63) is 96.0 Å². The molecule has 0 aliphatic rings. The van der Waals surface area contributed by atoms with Crippen LogP contribution in [-0.2, 0) is 11.4 Å². The number of amides is 1. The molecule has 0 fully saturated rings. The van der Waals surface area contributed by atoms with Crippen molar-refractivity contribution in [2.24, 2.45) is 0 Å². The first-order valence-electron chi connectivity index (χ1n) is 9.92. The van der Waals surface area contributed by atoms with Gasteiger partial charge in [0.25, 0.3) is 5.91 Å². The van der Waals surface area contributed by atoms with Crippen molar-refractivity contribution in [3.63, 3.8) is 0 Å². The summed E-state index contributed by atoms with van der Waals surface area (Å²) in [6.07, 6.45) is 1.54. The number of carbonyl (C=O) groups is 1. The highest BCUT2D eigenvalue weighted by Gasteiger charge is 2.14. The topological polar surface area (TPSA) is 85.9 Å². The second-order valence-corrected chi connectivity index (χ2v) is 9.33. The Morgan fingerprint density at radius 2 is 1.91 bits per heavy atom. The summed E-state index contributed by atoms with van der Waals surface area (Å²) in [5.41, 5.74) is 4.66. The van der Waals surface area contributed by atoms with E-state index in [0.717, 1.165) is 20.3 Å². The summed E-state index contributed by atoms with van der Waals surface area (Å²) >= 11 is 5.66. The fourth-order valence-electron chi connectivity index (χ4n) is 3.08. The molecule has 0 aliphatic carbocycles. The third-order valence-electron chi connectivity index (χ3n) is 4.85. The van der Waals surface area contributed by atoms with Crippen LogP contribution in [-0.4, -0.2) is 5.91 Å². The van der Waals surface area contributed by atoms with Crippen molar-refractivity contribution >= 4 is 56.2 Å². The molecule has 0 saturated carbocycles. The fourth-order valence-corrected chi connectivity index (χ4v) is 4.85. The van der Waals surface area contributed by atoms with Crippen LogP contribution in [0.3, 0.4) is 0 Å². The highest BCUT2D eigenvalue weighted by molar-refractivity contribution is 14.1. The van der Waals surface area contributed by atoms with Crippen LogP contribution in [0.2, 0.25) is 0 Å². The maximum absolute atomic E-state index is 12.7. The van der Waals surface area contributed by atoms with E-state index in [0.29, 0.717) is 27.0 Å². The number of aryl methyl sites for hydroxylation is 2. The molecule has 0 spiro atoms. The highest BCUT2D eigenvalue weighted by Crippen LogP contribution is 2.33. The summed E-state index contributed by atoms with van der Waals surface area (Å²) in [6, 6.07) is 20.8. The van der Waals surface area contributed by atoms with Crippen LogP contribution in [0, 0.1) is 40.1 Å². The largest absolute Gasteiger partial charge is 0.487 e. The zero-order valence-corrected chi connectivity index (χ0v) is 21.7. The van der Waals surface area contributed by atoms with E-state index in [-0.39, 0.29) is 12.2 Å². The number of ether oxygens (including phenoxy) is 1. The molecule has 0 atom stereocenters. The Morgan fingerprint density at radius 3 is 2.61 bits per heavy atom. The monoisotopic (exact) mass is 611 g/mol. The molecule has 1 amide bonds. The number of carbonyl (C=O) groups excluding carboxylic acids is 1. The number of benzene rings is 3. The van der Waals surface area contributed by atoms with Gasteiger partial charge in [0.05, 0.1) is 19.7 Å². The lowest BCUT2D eigenvalue weighted by atomic mass is 10.1. The lowest BCUT2D eigenvalue weighted by molar-refractivity contribution is -0.112.